The van der Waals surface area contributed by atoms with Gasteiger partial charge in [0.2, 0.25) is 0 Å². The first-order chi connectivity index (χ1) is 9.99. The first-order valence-electron chi connectivity index (χ1n) is 5.93. The van der Waals surface area contributed by atoms with Crippen molar-refractivity contribution < 1.29 is 28.2 Å². The van der Waals surface area contributed by atoms with Crippen LogP contribution in [-0.4, -0.2) is 25.3 Å². The van der Waals surface area contributed by atoms with Crippen LogP contribution in [0.25, 0.3) is 11.1 Å². The Balaban J connectivity index is 2.68. The first-order valence-corrected chi connectivity index (χ1v) is 5.93. The van der Waals surface area contributed by atoms with Gasteiger partial charge in [0.05, 0.1) is 19.8 Å². The molecule has 0 unspecified atom stereocenters. The Hall–Kier alpha value is -2.63. The number of carbonyl (C=O) groups is 1. The van der Waals surface area contributed by atoms with E-state index in [4.69, 9.17) is 14.6 Å². The molecule has 21 heavy (non-hydrogen) atoms. The van der Waals surface area contributed by atoms with E-state index in [1.807, 2.05) is 0 Å². The number of methoxy groups -OCH3 is 2. The second kappa shape index (κ2) is 5.78. The number of carboxylic acid groups (broad SMARTS) is 1. The van der Waals surface area contributed by atoms with E-state index in [2.05, 4.69) is 0 Å². The molecular formula is C15H12F2O4. The molecule has 0 radical (unpaired) electrons. The molecule has 6 heteroatoms. The van der Waals surface area contributed by atoms with Gasteiger partial charge in [-0.1, -0.05) is 12.1 Å². The van der Waals surface area contributed by atoms with E-state index < -0.39 is 23.2 Å². The quantitative estimate of drug-likeness (QED) is 0.939. The predicted octanol–water partition coefficient (Wildman–Crippen LogP) is 3.35. The molecule has 1 N–H and O–H groups in total. The van der Waals surface area contributed by atoms with Crippen LogP contribution in [0.1, 0.15) is 10.4 Å². The fraction of sp³-hybridized carbons (Fsp3) is 0.133. The molecule has 0 aliphatic rings. The largest absolute Gasteiger partial charge is 0.493 e. The van der Waals surface area contributed by atoms with Gasteiger partial charge in [-0.05, 0) is 18.2 Å². The molecule has 0 saturated carbocycles. The van der Waals surface area contributed by atoms with Gasteiger partial charge in [0.1, 0.15) is 11.6 Å². The van der Waals surface area contributed by atoms with Crippen molar-refractivity contribution in [3.05, 3.63) is 47.5 Å². The SMILES string of the molecule is COc1cccc(-c2cc(F)c(C(=O)O)cc2F)c1OC. The molecule has 0 amide bonds. The van der Waals surface area contributed by atoms with Gasteiger partial charge in [-0.3, -0.25) is 0 Å². The number of hydrogen-bond donors (Lipinski definition) is 1. The number of para-hydroxylation sites is 1. The number of halogens is 2. The molecule has 0 fully saturated rings. The van der Waals surface area contributed by atoms with E-state index in [1.54, 1.807) is 12.1 Å². The standard InChI is InChI=1S/C15H12F2O4/c1-20-13-5-3-4-8(14(13)21-2)9-6-12(17)10(15(18)19)7-11(9)16/h3-7H,1-2H3,(H,18,19). The summed E-state index contributed by atoms with van der Waals surface area (Å²) in [6.45, 7) is 0. The minimum Gasteiger partial charge on any atom is -0.493 e. The van der Waals surface area contributed by atoms with Crippen molar-refractivity contribution in [2.75, 3.05) is 14.2 Å². The average Bonchev–Trinajstić information content (AvgIpc) is 2.47. The summed E-state index contributed by atoms with van der Waals surface area (Å²) in [5.41, 5.74) is -0.559. The van der Waals surface area contributed by atoms with Gasteiger partial charge in [0.25, 0.3) is 0 Å². The van der Waals surface area contributed by atoms with Crippen molar-refractivity contribution in [1.29, 1.82) is 0 Å². The van der Waals surface area contributed by atoms with Gasteiger partial charge in [-0.2, -0.15) is 0 Å². The van der Waals surface area contributed by atoms with Crippen molar-refractivity contribution in [2.45, 2.75) is 0 Å². The number of aromatic carboxylic acids is 1. The molecule has 0 bridgehead atoms. The van der Waals surface area contributed by atoms with Gasteiger partial charge in [-0.25, -0.2) is 13.6 Å². The summed E-state index contributed by atoms with van der Waals surface area (Å²) in [5, 5.41) is 8.78. The minimum atomic E-state index is -1.53. The Morgan fingerprint density at radius 3 is 2.33 bits per heavy atom. The highest BCUT2D eigenvalue weighted by Gasteiger charge is 2.19. The van der Waals surface area contributed by atoms with Gasteiger partial charge in [0, 0.05) is 11.1 Å². The highest BCUT2D eigenvalue weighted by molar-refractivity contribution is 5.89. The van der Waals surface area contributed by atoms with E-state index in [-0.39, 0.29) is 16.9 Å². The Kier molecular flexibility index (Phi) is 4.07. The van der Waals surface area contributed by atoms with Crippen molar-refractivity contribution in [3.8, 4) is 22.6 Å². The maximum Gasteiger partial charge on any atom is 0.338 e. The van der Waals surface area contributed by atoms with E-state index in [1.165, 1.54) is 20.3 Å². The smallest absolute Gasteiger partial charge is 0.338 e. The third-order valence-corrected chi connectivity index (χ3v) is 2.98. The lowest BCUT2D eigenvalue weighted by atomic mass is 10.0. The Bertz CT molecular complexity index is 698. The molecule has 0 atom stereocenters. The van der Waals surface area contributed by atoms with Gasteiger partial charge in [-0.15, -0.1) is 0 Å². The van der Waals surface area contributed by atoms with Crippen molar-refractivity contribution in [1.82, 2.24) is 0 Å². The summed E-state index contributed by atoms with van der Waals surface area (Å²) in [7, 11) is 2.80. The number of hydrogen-bond acceptors (Lipinski definition) is 3. The molecule has 2 aromatic carbocycles. The summed E-state index contributed by atoms with van der Waals surface area (Å²) in [4.78, 5) is 10.8. The Morgan fingerprint density at radius 1 is 1.05 bits per heavy atom. The fourth-order valence-corrected chi connectivity index (χ4v) is 2.02. The lowest BCUT2D eigenvalue weighted by Gasteiger charge is -2.13. The van der Waals surface area contributed by atoms with Gasteiger partial charge < -0.3 is 14.6 Å². The van der Waals surface area contributed by atoms with Crippen LogP contribution in [-0.2, 0) is 0 Å². The molecule has 0 aliphatic carbocycles. The van der Waals surface area contributed by atoms with E-state index in [9.17, 15) is 13.6 Å². The van der Waals surface area contributed by atoms with Crippen LogP contribution in [0, 0.1) is 11.6 Å². The lowest BCUT2D eigenvalue weighted by Crippen LogP contribution is -2.03. The summed E-state index contributed by atoms with van der Waals surface area (Å²) in [6.07, 6.45) is 0. The number of benzene rings is 2. The van der Waals surface area contributed by atoms with Crippen LogP contribution >= 0.6 is 0 Å². The van der Waals surface area contributed by atoms with Crippen molar-refractivity contribution in [2.24, 2.45) is 0 Å². The van der Waals surface area contributed by atoms with Crippen LogP contribution in [0.3, 0.4) is 0 Å². The lowest BCUT2D eigenvalue weighted by molar-refractivity contribution is 0.0691. The zero-order valence-corrected chi connectivity index (χ0v) is 11.3. The molecule has 0 aliphatic heterocycles. The maximum atomic E-state index is 14.1. The van der Waals surface area contributed by atoms with Gasteiger partial charge >= 0.3 is 5.97 Å². The topological polar surface area (TPSA) is 55.8 Å². The highest BCUT2D eigenvalue weighted by Crippen LogP contribution is 2.39. The molecule has 4 nitrogen and oxygen atoms in total. The van der Waals surface area contributed by atoms with E-state index >= 15 is 0 Å². The fourth-order valence-electron chi connectivity index (χ4n) is 2.02. The zero-order chi connectivity index (χ0) is 15.6. The highest BCUT2D eigenvalue weighted by atomic mass is 19.1. The monoisotopic (exact) mass is 294 g/mol. The third kappa shape index (κ3) is 2.65. The van der Waals surface area contributed by atoms with Crippen LogP contribution in [0.15, 0.2) is 30.3 Å². The molecule has 2 rings (SSSR count). The molecule has 0 heterocycles. The van der Waals surface area contributed by atoms with Crippen LogP contribution in [0.5, 0.6) is 11.5 Å². The molecule has 0 saturated heterocycles. The van der Waals surface area contributed by atoms with Crippen LogP contribution in [0.4, 0.5) is 8.78 Å². The summed E-state index contributed by atoms with van der Waals surface area (Å²) in [5.74, 6) is -2.82. The maximum absolute atomic E-state index is 14.1. The third-order valence-electron chi connectivity index (χ3n) is 2.98. The minimum absolute atomic E-state index is 0.103. The summed E-state index contributed by atoms with van der Waals surface area (Å²) >= 11 is 0. The second-order valence-corrected chi connectivity index (χ2v) is 4.16. The molecule has 0 spiro atoms. The zero-order valence-electron chi connectivity index (χ0n) is 11.3. The molecular weight excluding hydrogens is 282 g/mol. The molecule has 110 valence electrons. The predicted molar refractivity (Wildman–Crippen MR) is 71.9 cm³/mol. The number of carboxylic acids is 1. The average molecular weight is 294 g/mol. The van der Waals surface area contributed by atoms with E-state index in [0.29, 0.717) is 11.8 Å². The van der Waals surface area contributed by atoms with Crippen molar-refractivity contribution in [3.63, 3.8) is 0 Å². The second-order valence-electron chi connectivity index (χ2n) is 4.16. The number of rotatable bonds is 4. The summed E-state index contributed by atoms with van der Waals surface area (Å²) < 4.78 is 38.1. The summed E-state index contributed by atoms with van der Waals surface area (Å²) in [6, 6.07) is 6.21. The number of ether oxygens (including phenoxy) is 2. The van der Waals surface area contributed by atoms with Crippen LogP contribution in [0.2, 0.25) is 0 Å². The van der Waals surface area contributed by atoms with Gasteiger partial charge in [0.15, 0.2) is 11.5 Å². The van der Waals surface area contributed by atoms with Crippen molar-refractivity contribution >= 4 is 5.97 Å². The first kappa shape index (κ1) is 14.8. The molecule has 2 aromatic rings. The molecule has 0 aromatic heterocycles. The van der Waals surface area contributed by atoms with E-state index in [0.717, 1.165) is 6.07 Å². The normalized spacial score (nSPS) is 10.3. The Labute approximate surface area is 119 Å². The van der Waals surface area contributed by atoms with Crippen LogP contribution < -0.4 is 9.47 Å². The Morgan fingerprint density at radius 2 is 1.76 bits per heavy atom.